The molecular formula is C15H18BrNOS. The smallest absolute Gasteiger partial charge is 0.123 e. The molecule has 2 rings (SSSR count). The molecule has 1 N–H and O–H groups in total. The minimum atomic E-state index is 0.243. The highest BCUT2D eigenvalue weighted by atomic mass is 79.9. The third kappa shape index (κ3) is 3.59. The van der Waals surface area contributed by atoms with Gasteiger partial charge in [0, 0.05) is 32.4 Å². The van der Waals surface area contributed by atoms with Crippen molar-refractivity contribution in [2.45, 2.75) is 25.9 Å². The van der Waals surface area contributed by atoms with Crippen molar-refractivity contribution in [1.29, 1.82) is 0 Å². The summed E-state index contributed by atoms with van der Waals surface area (Å²) in [6, 6.07) is 10.9. The molecule has 4 heteroatoms. The minimum absolute atomic E-state index is 0.243. The Morgan fingerprint density at radius 3 is 2.58 bits per heavy atom. The number of benzene rings is 1. The molecule has 0 bridgehead atoms. The second kappa shape index (κ2) is 6.55. The van der Waals surface area contributed by atoms with Crippen molar-refractivity contribution in [3.63, 3.8) is 0 Å². The van der Waals surface area contributed by atoms with Gasteiger partial charge in [0.1, 0.15) is 5.75 Å². The molecule has 0 saturated heterocycles. The number of nitrogens with one attached hydrogen (secondary N) is 1. The summed E-state index contributed by atoms with van der Waals surface area (Å²) in [5, 5.41) is 5.72. The Bertz CT molecular complexity index is 540. The van der Waals surface area contributed by atoms with Gasteiger partial charge in [-0.2, -0.15) is 0 Å². The van der Waals surface area contributed by atoms with Crippen molar-refractivity contribution in [2.75, 3.05) is 7.11 Å². The summed E-state index contributed by atoms with van der Waals surface area (Å²) in [5.41, 5.74) is 1.19. The van der Waals surface area contributed by atoms with Gasteiger partial charge >= 0.3 is 0 Å². The van der Waals surface area contributed by atoms with Crippen LogP contribution in [0.25, 0.3) is 0 Å². The molecule has 0 amide bonds. The van der Waals surface area contributed by atoms with Gasteiger partial charge in [-0.3, -0.25) is 0 Å². The van der Waals surface area contributed by atoms with Gasteiger partial charge in [0.2, 0.25) is 0 Å². The van der Waals surface area contributed by atoms with Crippen molar-refractivity contribution >= 4 is 27.3 Å². The molecule has 1 aromatic carbocycles. The first-order chi connectivity index (χ1) is 9.11. The van der Waals surface area contributed by atoms with E-state index in [-0.39, 0.29) is 6.04 Å². The molecule has 1 aromatic heterocycles. The van der Waals surface area contributed by atoms with Crippen LogP contribution in [0.1, 0.15) is 36.4 Å². The zero-order valence-corrected chi connectivity index (χ0v) is 13.7. The molecule has 0 aliphatic rings. The summed E-state index contributed by atoms with van der Waals surface area (Å²) < 4.78 is 6.56. The first kappa shape index (κ1) is 14.6. The predicted octanol–water partition coefficient (Wildman–Crippen LogP) is 4.93. The molecule has 0 spiro atoms. The highest BCUT2D eigenvalue weighted by Gasteiger charge is 2.15. The molecule has 1 unspecified atom stereocenters. The van der Waals surface area contributed by atoms with Crippen molar-refractivity contribution in [3.8, 4) is 5.75 Å². The van der Waals surface area contributed by atoms with Crippen LogP contribution in [0.3, 0.4) is 0 Å². The van der Waals surface area contributed by atoms with Crippen LogP contribution in [-0.4, -0.2) is 7.11 Å². The van der Waals surface area contributed by atoms with Crippen LogP contribution in [-0.2, 0) is 0 Å². The molecule has 2 aromatic rings. The highest BCUT2D eigenvalue weighted by Crippen LogP contribution is 2.29. The van der Waals surface area contributed by atoms with Crippen LogP contribution in [0, 0.1) is 0 Å². The topological polar surface area (TPSA) is 21.3 Å². The summed E-state index contributed by atoms with van der Waals surface area (Å²) in [6.07, 6.45) is 0. The summed E-state index contributed by atoms with van der Waals surface area (Å²) in [6.45, 7) is 4.35. The summed E-state index contributed by atoms with van der Waals surface area (Å²) in [5.74, 6) is 0.932. The van der Waals surface area contributed by atoms with E-state index in [9.17, 15) is 0 Å². The number of para-hydroxylation sites is 1. The average molecular weight is 340 g/mol. The van der Waals surface area contributed by atoms with Gasteiger partial charge in [-0.1, -0.05) is 18.2 Å². The van der Waals surface area contributed by atoms with Crippen LogP contribution >= 0.6 is 27.3 Å². The van der Waals surface area contributed by atoms with Crippen molar-refractivity contribution in [3.05, 3.63) is 50.6 Å². The van der Waals surface area contributed by atoms with E-state index in [2.05, 4.69) is 52.6 Å². The SMILES string of the molecule is COc1ccccc1[C@@H](C)NC(C)c1cc(Br)cs1. The van der Waals surface area contributed by atoms with Crippen molar-refractivity contribution < 1.29 is 4.74 Å². The molecule has 0 radical (unpaired) electrons. The molecule has 1 heterocycles. The van der Waals surface area contributed by atoms with Crippen molar-refractivity contribution in [1.82, 2.24) is 5.32 Å². The molecule has 0 fully saturated rings. The first-order valence-corrected chi connectivity index (χ1v) is 7.92. The Morgan fingerprint density at radius 1 is 1.21 bits per heavy atom. The maximum Gasteiger partial charge on any atom is 0.123 e. The summed E-state index contributed by atoms with van der Waals surface area (Å²) >= 11 is 5.26. The molecule has 0 aliphatic heterocycles. The van der Waals surface area contributed by atoms with E-state index in [1.165, 1.54) is 10.4 Å². The third-order valence-electron chi connectivity index (χ3n) is 3.12. The number of hydrogen-bond acceptors (Lipinski definition) is 3. The van der Waals surface area contributed by atoms with E-state index in [1.807, 2.05) is 18.2 Å². The zero-order valence-electron chi connectivity index (χ0n) is 11.3. The standard InChI is InChI=1S/C15H18BrNOS/c1-10(13-6-4-5-7-14(13)18-3)17-11(2)15-8-12(16)9-19-15/h4-11,17H,1-3H3/t10-,11?/m1/s1. The molecular weight excluding hydrogens is 322 g/mol. The van der Waals surface area contributed by atoms with Crippen LogP contribution in [0.4, 0.5) is 0 Å². The molecule has 2 nitrogen and oxygen atoms in total. The van der Waals surface area contributed by atoms with Gasteiger partial charge in [0.25, 0.3) is 0 Å². The van der Waals surface area contributed by atoms with E-state index in [0.717, 1.165) is 10.2 Å². The van der Waals surface area contributed by atoms with E-state index in [4.69, 9.17) is 4.74 Å². The van der Waals surface area contributed by atoms with Crippen LogP contribution in [0.2, 0.25) is 0 Å². The van der Waals surface area contributed by atoms with Gasteiger partial charge in [0.05, 0.1) is 7.11 Å². The molecule has 102 valence electrons. The van der Waals surface area contributed by atoms with Gasteiger partial charge in [-0.15, -0.1) is 11.3 Å². The average Bonchev–Trinajstić information content (AvgIpc) is 2.85. The fraction of sp³-hybridized carbons (Fsp3) is 0.333. The fourth-order valence-corrected chi connectivity index (χ4v) is 3.59. The van der Waals surface area contributed by atoms with Gasteiger partial charge in [-0.25, -0.2) is 0 Å². The highest BCUT2D eigenvalue weighted by molar-refractivity contribution is 9.10. The van der Waals surface area contributed by atoms with Gasteiger partial charge in [0.15, 0.2) is 0 Å². The van der Waals surface area contributed by atoms with E-state index >= 15 is 0 Å². The largest absolute Gasteiger partial charge is 0.496 e. The Hall–Kier alpha value is -0.840. The maximum atomic E-state index is 5.41. The lowest BCUT2D eigenvalue weighted by molar-refractivity contribution is 0.397. The summed E-state index contributed by atoms with van der Waals surface area (Å²) in [7, 11) is 1.71. The summed E-state index contributed by atoms with van der Waals surface area (Å²) in [4.78, 5) is 1.33. The van der Waals surface area contributed by atoms with Crippen LogP contribution in [0.15, 0.2) is 40.2 Å². The van der Waals surface area contributed by atoms with E-state index < -0.39 is 0 Å². The second-order valence-electron chi connectivity index (χ2n) is 4.52. The minimum Gasteiger partial charge on any atom is -0.496 e. The lowest BCUT2D eigenvalue weighted by Gasteiger charge is -2.21. The number of halogens is 1. The Morgan fingerprint density at radius 2 is 1.95 bits per heavy atom. The molecule has 0 aliphatic carbocycles. The first-order valence-electron chi connectivity index (χ1n) is 6.24. The number of hydrogen-bond donors (Lipinski definition) is 1. The lowest BCUT2D eigenvalue weighted by atomic mass is 10.1. The maximum absolute atomic E-state index is 5.41. The number of rotatable bonds is 5. The second-order valence-corrected chi connectivity index (χ2v) is 6.38. The lowest BCUT2D eigenvalue weighted by Crippen LogP contribution is -2.22. The fourth-order valence-electron chi connectivity index (χ4n) is 2.13. The van der Waals surface area contributed by atoms with Gasteiger partial charge < -0.3 is 10.1 Å². The van der Waals surface area contributed by atoms with Gasteiger partial charge in [-0.05, 0) is 41.9 Å². The normalized spacial score (nSPS) is 14.1. The Balaban J connectivity index is 2.10. The molecule has 19 heavy (non-hydrogen) atoms. The number of thiophene rings is 1. The van der Waals surface area contributed by atoms with E-state index in [0.29, 0.717) is 6.04 Å². The van der Waals surface area contributed by atoms with Crippen molar-refractivity contribution in [2.24, 2.45) is 0 Å². The predicted molar refractivity (Wildman–Crippen MR) is 85.0 cm³/mol. The number of ether oxygens (including phenoxy) is 1. The molecule has 0 saturated carbocycles. The van der Waals surface area contributed by atoms with Crippen LogP contribution in [0.5, 0.6) is 5.75 Å². The van der Waals surface area contributed by atoms with E-state index in [1.54, 1.807) is 18.4 Å². The number of methoxy groups -OCH3 is 1. The Labute approximate surface area is 126 Å². The monoisotopic (exact) mass is 339 g/mol. The van der Waals surface area contributed by atoms with Crippen LogP contribution < -0.4 is 10.1 Å². The zero-order chi connectivity index (χ0) is 13.8. The quantitative estimate of drug-likeness (QED) is 0.833. The Kier molecular flexibility index (Phi) is 5.02. The molecule has 2 atom stereocenters. The third-order valence-corrected chi connectivity index (χ3v) is 5.00.